The highest BCUT2D eigenvalue weighted by Gasteiger charge is 2.08. The van der Waals surface area contributed by atoms with E-state index in [1.54, 1.807) is 0 Å². The fourth-order valence-corrected chi connectivity index (χ4v) is 1.34. The molecule has 90 valence electrons. The lowest BCUT2D eigenvalue weighted by Gasteiger charge is -2.15. The Bertz CT molecular complexity index is 312. The summed E-state index contributed by atoms with van der Waals surface area (Å²) in [5, 5.41) is 18.4. The van der Waals surface area contributed by atoms with Crippen molar-refractivity contribution in [2.45, 2.75) is 32.2 Å². The van der Waals surface area contributed by atoms with Crippen LogP contribution in [0.4, 0.5) is 0 Å². The van der Waals surface area contributed by atoms with Gasteiger partial charge in [-0.1, -0.05) is 17.2 Å². The molecule has 0 aliphatic rings. The number of hydrogen-bond donors (Lipinski definition) is 3. The third-order valence-electron chi connectivity index (χ3n) is 2.27. The van der Waals surface area contributed by atoms with Crippen molar-refractivity contribution >= 4 is 5.84 Å². The van der Waals surface area contributed by atoms with Gasteiger partial charge in [-0.25, -0.2) is 0 Å². The van der Waals surface area contributed by atoms with Crippen molar-refractivity contribution in [3.8, 4) is 0 Å². The maximum absolute atomic E-state index is 8.46. The van der Waals surface area contributed by atoms with Crippen LogP contribution in [-0.4, -0.2) is 33.8 Å². The van der Waals surface area contributed by atoms with E-state index in [-0.39, 0.29) is 11.9 Å². The first-order valence-corrected chi connectivity index (χ1v) is 5.21. The van der Waals surface area contributed by atoms with Gasteiger partial charge in [-0.3, -0.25) is 0 Å². The molecule has 1 rings (SSSR count). The lowest BCUT2D eigenvalue weighted by atomic mass is 10.1. The zero-order valence-electron chi connectivity index (χ0n) is 9.26. The first kappa shape index (κ1) is 12.4. The second-order valence-electron chi connectivity index (χ2n) is 3.45. The number of oxime groups is 1. The van der Waals surface area contributed by atoms with Gasteiger partial charge in [0.15, 0.2) is 5.82 Å². The molecule has 0 saturated carbocycles. The Morgan fingerprint density at radius 2 is 2.56 bits per heavy atom. The molecule has 0 fully saturated rings. The highest BCUT2D eigenvalue weighted by atomic mass is 16.5. The Balaban J connectivity index is 2.23. The van der Waals surface area contributed by atoms with Crippen molar-refractivity contribution in [3.05, 3.63) is 12.2 Å². The molecule has 1 heterocycles. The Labute approximate surface area is 93.7 Å². The van der Waals surface area contributed by atoms with E-state index in [1.165, 1.54) is 6.39 Å². The molecule has 0 saturated heterocycles. The normalized spacial score (nSPS) is 13.9. The van der Waals surface area contributed by atoms with Crippen LogP contribution in [0.15, 0.2) is 16.1 Å². The Morgan fingerprint density at radius 3 is 3.12 bits per heavy atom. The van der Waals surface area contributed by atoms with Crippen LogP contribution in [0.1, 0.15) is 25.6 Å². The van der Waals surface area contributed by atoms with E-state index >= 15 is 0 Å². The molecule has 7 nitrogen and oxygen atoms in total. The van der Waals surface area contributed by atoms with Crippen LogP contribution in [0.3, 0.4) is 0 Å². The van der Waals surface area contributed by atoms with Crippen molar-refractivity contribution in [1.82, 2.24) is 15.5 Å². The summed E-state index contributed by atoms with van der Waals surface area (Å²) in [7, 11) is 0. The predicted octanol–water partition coefficient (Wildman–Crippen LogP) is 0.117. The molecule has 0 bridgehead atoms. The standard InChI is InChI=1S/C9H17N5O2/c1-2-7(5-8(10)13-15)11-4-3-9-12-6-16-14-9/h6-7,11,15H,2-5H2,1H3,(H2,10,13). The summed E-state index contributed by atoms with van der Waals surface area (Å²) in [6.07, 6.45) is 3.44. The predicted molar refractivity (Wildman–Crippen MR) is 58.1 cm³/mol. The third-order valence-corrected chi connectivity index (χ3v) is 2.27. The number of nitrogens with zero attached hydrogens (tertiary/aromatic N) is 3. The third kappa shape index (κ3) is 4.26. The van der Waals surface area contributed by atoms with E-state index < -0.39 is 0 Å². The minimum Gasteiger partial charge on any atom is -0.409 e. The van der Waals surface area contributed by atoms with E-state index in [4.69, 9.17) is 10.9 Å². The highest BCUT2D eigenvalue weighted by Crippen LogP contribution is 1.98. The zero-order chi connectivity index (χ0) is 11.8. The topological polar surface area (TPSA) is 110 Å². The fourth-order valence-electron chi connectivity index (χ4n) is 1.34. The number of amidine groups is 1. The number of nitrogens with two attached hydrogens (primary N) is 1. The summed E-state index contributed by atoms with van der Waals surface area (Å²) in [6.45, 7) is 2.77. The molecular weight excluding hydrogens is 210 g/mol. The number of nitrogens with one attached hydrogen (secondary N) is 1. The van der Waals surface area contributed by atoms with Gasteiger partial charge in [-0.15, -0.1) is 0 Å². The first-order valence-electron chi connectivity index (χ1n) is 5.21. The van der Waals surface area contributed by atoms with Crippen molar-refractivity contribution in [3.63, 3.8) is 0 Å². The van der Waals surface area contributed by atoms with Crippen molar-refractivity contribution in [1.29, 1.82) is 0 Å². The van der Waals surface area contributed by atoms with Gasteiger partial charge < -0.3 is 20.8 Å². The maximum atomic E-state index is 8.46. The summed E-state index contributed by atoms with van der Waals surface area (Å²) in [4.78, 5) is 3.91. The maximum Gasteiger partial charge on any atom is 0.213 e. The van der Waals surface area contributed by atoms with E-state index in [0.717, 1.165) is 13.0 Å². The molecular formula is C9H17N5O2. The van der Waals surface area contributed by atoms with E-state index in [1.807, 2.05) is 6.92 Å². The van der Waals surface area contributed by atoms with E-state index in [2.05, 4.69) is 25.1 Å². The molecule has 7 heteroatoms. The van der Waals surface area contributed by atoms with Gasteiger partial charge in [-0.05, 0) is 6.42 Å². The monoisotopic (exact) mass is 227 g/mol. The van der Waals surface area contributed by atoms with E-state index in [9.17, 15) is 0 Å². The fraction of sp³-hybridized carbons (Fsp3) is 0.667. The first-order chi connectivity index (χ1) is 7.76. The summed E-state index contributed by atoms with van der Waals surface area (Å²) in [5.74, 6) is 0.907. The van der Waals surface area contributed by atoms with Gasteiger partial charge in [0.05, 0.1) is 0 Å². The van der Waals surface area contributed by atoms with Gasteiger partial charge in [0.25, 0.3) is 0 Å². The van der Waals surface area contributed by atoms with Crippen LogP contribution >= 0.6 is 0 Å². The van der Waals surface area contributed by atoms with Crippen molar-refractivity contribution < 1.29 is 9.73 Å². The van der Waals surface area contributed by atoms with E-state index in [0.29, 0.717) is 18.7 Å². The highest BCUT2D eigenvalue weighted by molar-refractivity contribution is 5.80. The molecule has 0 spiro atoms. The molecule has 1 aromatic heterocycles. The van der Waals surface area contributed by atoms with Gasteiger partial charge in [0.1, 0.15) is 5.84 Å². The molecule has 1 atom stereocenters. The molecule has 0 amide bonds. The minimum absolute atomic E-state index is 0.197. The lowest BCUT2D eigenvalue weighted by molar-refractivity contribution is 0.315. The molecule has 4 N–H and O–H groups in total. The van der Waals surface area contributed by atoms with Crippen LogP contribution < -0.4 is 11.1 Å². The summed E-state index contributed by atoms with van der Waals surface area (Å²) >= 11 is 0. The Hall–Kier alpha value is -1.63. The van der Waals surface area contributed by atoms with Gasteiger partial charge in [0, 0.05) is 25.4 Å². The number of aromatic nitrogens is 2. The van der Waals surface area contributed by atoms with Crippen molar-refractivity contribution in [2.75, 3.05) is 6.54 Å². The largest absolute Gasteiger partial charge is 0.409 e. The molecule has 1 aromatic rings. The quantitative estimate of drug-likeness (QED) is 0.264. The second-order valence-corrected chi connectivity index (χ2v) is 3.45. The van der Waals surface area contributed by atoms with Crippen LogP contribution in [0, 0.1) is 0 Å². The SMILES string of the molecule is CCC(CC(N)=NO)NCCc1ncon1. The smallest absolute Gasteiger partial charge is 0.213 e. The summed E-state index contributed by atoms with van der Waals surface area (Å²) in [5.41, 5.74) is 5.44. The Kier molecular flexibility index (Phi) is 5.27. The molecule has 0 radical (unpaired) electrons. The zero-order valence-corrected chi connectivity index (χ0v) is 9.26. The Morgan fingerprint density at radius 1 is 1.75 bits per heavy atom. The van der Waals surface area contributed by atoms with Crippen molar-refractivity contribution in [2.24, 2.45) is 10.9 Å². The second kappa shape index (κ2) is 6.78. The van der Waals surface area contributed by atoms with Gasteiger partial charge in [0.2, 0.25) is 6.39 Å². The van der Waals surface area contributed by atoms with Crippen LogP contribution in [-0.2, 0) is 6.42 Å². The minimum atomic E-state index is 0.197. The summed E-state index contributed by atoms with van der Waals surface area (Å²) < 4.78 is 4.62. The van der Waals surface area contributed by atoms with Crippen LogP contribution in [0.5, 0.6) is 0 Å². The molecule has 1 unspecified atom stereocenters. The van der Waals surface area contributed by atoms with Gasteiger partial charge >= 0.3 is 0 Å². The van der Waals surface area contributed by atoms with Crippen LogP contribution in [0.2, 0.25) is 0 Å². The average Bonchev–Trinajstić information content (AvgIpc) is 2.80. The average molecular weight is 227 g/mol. The number of hydrogen-bond acceptors (Lipinski definition) is 6. The number of rotatable bonds is 7. The van der Waals surface area contributed by atoms with Crippen LogP contribution in [0.25, 0.3) is 0 Å². The molecule has 0 aliphatic carbocycles. The summed E-state index contributed by atoms with van der Waals surface area (Å²) in [6, 6.07) is 0.197. The molecule has 0 aliphatic heterocycles. The molecule has 0 aromatic carbocycles. The van der Waals surface area contributed by atoms with Gasteiger partial charge in [-0.2, -0.15) is 4.98 Å². The molecule has 16 heavy (non-hydrogen) atoms. The lowest BCUT2D eigenvalue weighted by Crippen LogP contribution is -2.34.